The van der Waals surface area contributed by atoms with Gasteiger partial charge in [-0.25, -0.2) is 9.97 Å². The van der Waals surface area contributed by atoms with Crippen LogP contribution in [-0.4, -0.2) is 9.97 Å². The van der Waals surface area contributed by atoms with Crippen LogP contribution < -0.4 is 10.6 Å². The Labute approximate surface area is 183 Å². The van der Waals surface area contributed by atoms with E-state index in [0.717, 1.165) is 38.1 Å². The molecule has 2 aromatic heterocycles. The lowest BCUT2D eigenvalue weighted by molar-refractivity contribution is 1.23. The number of thiophene rings is 1. The summed E-state index contributed by atoms with van der Waals surface area (Å²) in [6.07, 6.45) is 1.60. The number of halogens is 1. The van der Waals surface area contributed by atoms with Gasteiger partial charge in [0.25, 0.3) is 0 Å². The summed E-state index contributed by atoms with van der Waals surface area (Å²) < 4.78 is 1.04. The highest BCUT2D eigenvalue weighted by molar-refractivity contribution is 7.22. The first-order valence-electron chi connectivity index (χ1n) is 9.44. The number of fused-ring (bicyclic) bond motifs is 1. The molecule has 0 radical (unpaired) electrons. The first kappa shape index (κ1) is 18.6. The van der Waals surface area contributed by atoms with E-state index in [1.165, 1.54) is 10.4 Å². The van der Waals surface area contributed by atoms with Crippen LogP contribution in [0.1, 0.15) is 0 Å². The lowest BCUT2D eigenvalue weighted by atomic mass is 10.2. The maximum absolute atomic E-state index is 5.94. The van der Waals surface area contributed by atoms with Crippen molar-refractivity contribution < 1.29 is 0 Å². The van der Waals surface area contributed by atoms with Crippen molar-refractivity contribution in [2.45, 2.75) is 0 Å². The molecule has 0 saturated heterocycles. The smallest absolute Gasteiger partial charge is 0.151 e. The summed E-state index contributed by atoms with van der Waals surface area (Å²) in [4.78, 5) is 10.1. The molecule has 0 aliphatic carbocycles. The molecule has 6 heteroatoms. The molecule has 0 saturated carbocycles. The van der Waals surface area contributed by atoms with Crippen LogP contribution in [0, 0.1) is 0 Å². The van der Waals surface area contributed by atoms with Gasteiger partial charge < -0.3 is 10.6 Å². The minimum Gasteiger partial charge on any atom is -0.356 e. The third-order valence-electron chi connectivity index (χ3n) is 4.65. The van der Waals surface area contributed by atoms with Crippen LogP contribution in [0.3, 0.4) is 0 Å². The van der Waals surface area contributed by atoms with Crippen LogP contribution >= 0.6 is 22.9 Å². The normalized spacial score (nSPS) is 10.8. The van der Waals surface area contributed by atoms with Crippen molar-refractivity contribution in [3.63, 3.8) is 0 Å². The number of rotatable bonds is 5. The summed E-state index contributed by atoms with van der Waals surface area (Å²) in [5.74, 6) is 0.811. The van der Waals surface area contributed by atoms with Crippen molar-refractivity contribution in [2.75, 3.05) is 10.6 Å². The quantitative estimate of drug-likeness (QED) is 0.304. The molecule has 3 aromatic carbocycles. The molecule has 5 rings (SSSR count). The summed E-state index contributed by atoms with van der Waals surface area (Å²) >= 11 is 7.64. The first-order valence-corrected chi connectivity index (χ1v) is 10.6. The molecule has 5 aromatic rings. The molecule has 0 fully saturated rings. The Morgan fingerprint density at radius 1 is 0.700 bits per heavy atom. The van der Waals surface area contributed by atoms with Gasteiger partial charge in [0.15, 0.2) is 5.82 Å². The maximum Gasteiger partial charge on any atom is 0.151 e. The van der Waals surface area contributed by atoms with E-state index in [1.807, 2.05) is 66.7 Å². The van der Waals surface area contributed by atoms with Crippen molar-refractivity contribution >= 4 is 56.0 Å². The fourth-order valence-electron chi connectivity index (χ4n) is 3.16. The van der Waals surface area contributed by atoms with E-state index >= 15 is 0 Å². The molecular weight excluding hydrogens is 412 g/mol. The predicted molar refractivity (Wildman–Crippen MR) is 127 cm³/mol. The Balaban J connectivity index is 1.37. The molecule has 0 spiro atoms. The van der Waals surface area contributed by atoms with Gasteiger partial charge in [0.2, 0.25) is 0 Å². The van der Waals surface area contributed by atoms with Gasteiger partial charge in [-0.1, -0.05) is 41.9 Å². The molecule has 0 aliphatic heterocycles. The average Bonchev–Trinajstić information content (AvgIpc) is 3.23. The Hall–Kier alpha value is -3.41. The van der Waals surface area contributed by atoms with Crippen LogP contribution in [0.4, 0.5) is 22.9 Å². The highest BCUT2D eigenvalue weighted by Crippen LogP contribution is 2.36. The number of benzene rings is 3. The van der Waals surface area contributed by atoms with Gasteiger partial charge in [0, 0.05) is 27.0 Å². The Morgan fingerprint density at radius 2 is 1.33 bits per heavy atom. The number of hydrogen-bond acceptors (Lipinski definition) is 5. The number of nitrogens with one attached hydrogen (secondary N) is 2. The zero-order valence-corrected chi connectivity index (χ0v) is 17.4. The fraction of sp³-hybridized carbons (Fsp3) is 0. The second-order valence-corrected chi connectivity index (χ2v) is 8.24. The zero-order valence-electron chi connectivity index (χ0n) is 15.8. The van der Waals surface area contributed by atoms with E-state index in [9.17, 15) is 0 Å². The second kappa shape index (κ2) is 8.14. The Kier molecular flexibility index (Phi) is 5.05. The third-order valence-corrected chi connectivity index (χ3v) is 6.08. The number of nitrogens with zero attached hydrogens (tertiary/aromatic N) is 2. The average molecular weight is 429 g/mol. The molecule has 30 heavy (non-hydrogen) atoms. The van der Waals surface area contributed by atoms with Crippen molar-refractivity contribution in [1.29, 1.82) is 0 Å². The summed E-state index contributed by atoms with van der Waals surface area (Å²) in [6, 6.07) is 28.2. The van der Waals surface area contributed by atoms with Gasteiger partial charge in [-0.2, -0.15) is 0 Å². The molecule has 2 N–H and O–H groups in total. The third kappa shape index (κ3) is 3.99. The lowest BCUT2D eigenvalue weighted by Crippen LogP contribution is -1.95. The Bertz CT molecular complexity index is 1280. The molecule has 2 heterocycles. The standard InChI is InChI=1S/C24H17ClN4S/c25-17-6-8-18(9-7-17)28-19-10-12-20(13-11-19)29-24-23-21(26-15-27-24)14-22(30-23)16-4-2-1-3-5-16/h1-15,28H,(H,26,27,29). The van der Waals surface area contributed by atoms with Gasteiger partial charge in [-0.15, -0.1) is 11.3 Å². The van der Waals surface area contributed by atoms with Crippen LogP contribution in [0.15, 0.2) is 91.3 Å². The van der Waals surface area contributed by atoms with Gasteiger partial charge in [-0.05, 0) is 60.2 Å². The maximum atomic E-state index is 5.94. The summed E-state index contributed by atoms with van der Waals surface area (Å²) in [5.41, 5.74) is 5.08. The molecule has 0 amide bonds. The van der Waals surface area contributed by atoms with Crippen LogP contribution in [0.25, 0.3) is 20.7 Å². The topological polar surface area (TPSA) is 49.8 Å². The molecule has 0 unspecified atom stereocenters. The summed E-state index contributed by atoms with van der Waals surface area (Å²) in [6.45, 7) is 0. The zero-order chi connectivity index (χ0) is 20.3. The van der Waals surface area contributed by atoms with Crippen molar-refractivity contribution in [3.05, 3.63) is 96.3 Å². The van der Waals surface area contributed by atoms with E-state index in [1.54, 1.807) is 17.7 Å². The van der Waals surface area contributed by atoms with Crippen LogP contribution in [-0.2, 0) is 0 Å². The molecule has 4 nitrogen and oxygen atoms in total. The highest BCUT2D eigenvalue weighted by atomic mass is 35.5. The summed E-state index contributed by atoms with van der Waals surface area (Å²) in [7, 11) is 0. The van der Waals surface area contributed by atoms with E-state index in [2.05, 4.69) is 38.8 Å². The van der Waals surface area contributed by atoms with Crippen LogP contribution in [0.5, 0.6) is 0 Å². The summed E-state index contributed by atoms with van der Waals surface area (Å²) in [5, 5.41) is 7.51. The van der Waals surface area contributed by atoms with Gasteiger partial charge >= 0.3 is 0 Å². The lowest BCUT2D eigenvalue weighted by Gasteiger charge is -2.09. The minimum absolute atomic E-state index is 0.722. The van der Waals surface area contributed by atoms with E-state index < -0.39 is 0 Å². The molecule has 0 aliphatic rings. The molecule has 146 valence electrons. The Morgan fingerprint density at radius 3 is 2.03 bits per heavy atom. The SMILES string of the molecule is Clc1ccc(Nc2ccc(Nc3ncnc4cc(-c5ccccc5)sc34)cc2)cc1. The number of anilines is 4. The van der Waals surface area contributed by atoms with E-state index in [0.29, 0.717) is 0 Å². The van der Waals surface area contributed by atoms with E-state index in [-0.39, 0.29) is 0 Å². The second-order valence-electron chi connectivity index (χ2n) is 6.75. The molecule has 0 atom stereocenters. The van der Waals surface area contributed by atoms with Crippen molar-refractivity contribution in [3.8, 4) is 10.4 Å². The largest absolute Gasteiger partial charge is 0.356 e. The van der Waals surface area contributed by atoms with Crippen molar-refractivity contribution in [1.82, 2.24) is 9.97 Å². The van der Waals surface area contributed by atoms with E-state index in [4.69, 9.17) is 11.6 Å². The number of aromatic nitrogens is 2. The van der Waals surface area contributed by atoms with Crippen LogP contribution in [0.2, 0.25) is 5.02 Å². The van der Waals surface area contributed by atoms with Gasteiger partial charge in [0.1, 0.15) is 6.33 Å². The fourth-order valence-corrected chi connectivity index (χ4v) is 4.35. The number of hydrogen-bond donors (Lipinski definition) is 2. The minimum atomic E-state index is 0.722. The predicted octanol–water partition coefficient (Wildman–Crippen LogP) is 7.50. The van der Waals surface area contributed by atoms with Gasteiger partial charge in [0.05, 0.1) is 10.2 Å². The molecule has 0 bridgehead atoms. The van der Waals surface area contributed by atoms with Gasteiger partial charge in [-0.3, -0.25) is 0 Å². The molecular formula is C24H17ClN4S. The highest BCUT2D eigenvalue weighted by Gasteiger charge is 2.10. The van der Waals surface area contributed by atoms with Crippen molar-refractivity contribution in [2.24, 2.45) is 0 Å². The first-order chi connectivity index (χ1) is 14.7. The monoisotopic (exact) mass is 428 g/mol.